The Balaban J connectivity index is 1.52. The number of hydrogen-bond donors (Lipinski definition) is 1. The maximum Gasteiger partial charge on any atom is 0.235 e. The number of piperazine rings is 1. The average molecular weight is 355 g/mol. The van der Waals surface area contributed by atoms with Crippen LogP contribution in [0.15, 0.2) is 18.2 Å². The van der Waals surface area contributed by atoms with Crippen LogP contribution in [0, 0.1) is 28.5 Å². The summed E-state index contributed by atoms with van der Waals surface area (Å²) in [6.07, 6.45) is 3.40. The van der Waals surface area contributed by atoms with E-state index >= 15 is 0 Å². The molecule has 3 rings (SSSR count). The molecule has 1 saturated carbocycles. The third-order valence-corrected chi connectivity index (χ3v) is 5.21. The Morgan fingerprint density at radius 1 is 1.19 bits per heavy atom. The van der Waals surface area contributed by atoms with Crippen LogP contribution in [0.1, 0.15) is 31.2 Å². The van der Waals surface area contributed by atoms with E-state index in [1.165, 1.54) is 6.07 Å². The smallest absolute Gasteiger partial charge is 0.235 e. The number of rotatable bonds is 4. The minimum Gasteiger partial charge on any atom is -0.367 e. The van der Waals surface area contributed by atoms with E-state index in [4.69, 9.17) is 5.26 Å². The van der Waals surface area contributed by atoms with Crippen molar-refractivity contribution in [3.8, 4) is 12.1 Å². The van der Waals surface area contributed by atoms with E-state index in [-0.39, 0.29) is 12.5 Å². The molecule has 1 aromatic carbocycles. The van der Waals surface area contributed by atoms with Crippen molar-refractivity contribution >= 4 is 11.6 Å². The van der Waals surface area contributed by atoms with Crippen molar-refractivity contribution in [2.24, 2.45) is 0 Å². The van der Waals surface area contributed by atoms with Gasteiger partial charge in [0.1, 0.15) is 11.4 Å². The van der Waals surface area contributed by atoms with Crippen LogP contribution in [-0.2, 0) is 4.79 Å². The van der Waals surface area contributed by atoms with E-state index in [0.717, 1.165) is 25.7 Å². The first-order valence-corrected chi connectivity index (χ1v) is 8.94. The lowest BCUT2D eigenvalue weighted by Crippen LogP contribution is -2.53. The summed E-state index contributed by atoms with van der Waals surface area (Å²) in [6.45, 7) is 2.77. The molecule has 1 aliphatic carbocycles. The van der Waals surface area contributed by atoms with Crippen molar-refractivity contribution in [1.82, 2.24) is 10.2 Å². The molecule has 1 amide bonds. The SMILES string of the molecule is N#Cc1ccc(N2CCN(CC(=O)NC3(C#N)CCCC3)CC2)c(F)c1. The lowest BCUT2D eigenvalue weighted by molar-refractivity contribution is -0.123. The molecule has 0 atom stereocenters. The highest BCUT2D eigenvalue weighted by molar-refractivity contribution is 5.79. The predicted octanol–water partition coefficient (Wildman–Crippen LogP) is 1.77. The molecule has 1 saturated heterocycles. The summed E-state index contributed by atoms with van der Waals surface area (Å²) in [5.74, 6) is -0.515. The van der Waals surface area contributed by atoms with Gasteiger partial charge in [0, 0.05) is 26.2 Å². The van der Waals surface area contributed by atoms with Crippen molar-refractivity contribution < 1.29 is 9.18 Å². The number of nitrogens with zero attached hydrogens (tertiary/aromatic N) is 4. The Kier molecular flexibility index (Phi) is 5.39. The van der Waals surface area contributed by atoms with Gasteiger partial charge in [-0.2, -0.15) is 10.5 Å². The molecule has 2 fully saturated rings. The topological polar surface area (TPSA) is 83.2 Å². The van der Waals surface area contributed by atoms with Gasteiger partial charge in [-0.3, -0.25) is 9.69 Å². The molecule has 0 radical (unpaired) electrons. The summed E-state index contributed by atoms with van der Waals surface area (Å²) in [6, 6.07) is 8.69. The van der Waals surface area contributed by atoms with Crippen LogP contribution in [-0.4, -0.2) is 49.1 Å². The van der Waals surface area contributed by atoms with Crippen LogP contribution in [0.25, 0.3) is 0 Å². The van der Waals surface area contributed by atoms with Gasteiger partial charge in [-0.05, 0) is 43.9 Å². The van der Waals surface area contributed by atoms with Gasteiger partial charge >= 0.3 is 0 Å². The molecular formula is C19H22FN5O. The number of anilines is 1. The van der Waals surface area contributed by atoms with Gasteiger partial charge in [-0.25, -0.2) is 4.39 Å². The Bertz CT molecular complexity index is 752. The van der Waals surface area contributed by atoms with Crippen LogP contribution in [0.3, 0.4) is 0 Å². The predicted molar refractivity (Wildman–Crippen MR) is 94.7 cm³/mol. The second-order valence-electron chi connectivity index (χ2n) is 6.99. The summed E-state index contributed by atoms with van der Waals surface area (Å²) >= 11 is 0. The normalized spacial score (nSPS) is 19.6. The largest absolute Gasteiger partial charge is 0.367 e. The fourth-order valence-electron chi connectivity index (χ4n) is 3.73. The van der Waals surface area contributed by atoms with Crippen molar-refractivity contribution in [3.63, 3.8) is 0 Å². The lowest BCUT2D eigenvalue weighted by Gasteiger charge is -2.36. The summed E-state index contributed by atoms with van der Waals surface area (Å²) in [7, 11) is 0. The first kappa shape index (κ1) is 18.2. The number of benzene rings is 1. The molecule has 7 heteroatoms. The van der Waals surface area contributed by atoms with Crippen LogP contribution in [0.4, 0.5) is 10.1 Å². The van der Waals surface area contributed by atoms with E-state index in [1.54, 1.807) is 12.1 Å². The molecular weight excluding hydrogens is 333 g/mol. The minimum absolute atomic E-state index is 0.119. The number of carbonyl (C=O) groups excluding carboxylic acids is 1. The average Bonchev–Trinajstić information content (AvgIpc) is 3.11. The van der Waals surface area contributed by atoms with Gasteiger partial charge in [-0.1, -0.05) is 0 Å². The van der Waals surface area contributed by atoms with Gasteiger partial charge in [0.15, 0.2) is 0 Å². The molecule has 2 aliphatic rings. The summed E-state index contributed by atoms with van der Waals surface area (Å²) in [5, 5.41) is 21.1. The van der Waals surface area contributed by atoms with Gasteiger partial charge in [0.2, 0.25) is 5.91 Å². The number of hydrogen-bond acceptors (Lipinski definition) is 5. The zero-order chi connectivity index (χ0) is 18.6. The molecule has 0 unspecified atom stereocenters. The molecule has 136 valence electrons. The standard InChI is InChI=1S/C19H22FN5O/c20-16-11-15(12-21)3-4-17(16)25-9-7-24(8-10-25)13-18(26)23-19(14-22)5-1-2-6-19/h3-4,11H,1-2,5-10,13H2,(H,23,26). The van der Waals surface area contributed by atoms with Gasteiger partial charge in [-0.15, -0.1) is 0 Å². The van der Waals surface area contributed by atoms with E-state index in [1.807, 2.05) is 15.9 Å². The van der Waals surface area contributed by atoms with Crippen molar-refractivity contribution in [2.75, 3.05) is 37.6 Å². The maximum atomic E-state index is 14.1. The Labute approximate surface area is 152 Å². The summed E-state index contributed by atoms with van der Waals surface area (Å²) in [5.41, 5.74) is 0.104. The lowest BCUT2D eigenvalue weighted by atomic mass is 10.00. The van der Waals surface area contributed by atoms with Gasteiger partial charge < -0.3 is 10.2 Å². The fourth-order valence-corrected chi connectivity index (χ4v) is 3.73. The number of nitriles is 2. The highest BCUT2D eigenvalue weighted by Crippen LogP contribution is 2.28. The number of nitrogens with one attached hydrogen (secondary N) is 1. The third-order valence-electron chi connectivity index (χ3n) is 5.21. The second kappa shape index (κ2) is 7.72. The highest BCUT2D eigenvalue weighted by atomic mass is 19.1. The molecule has 0 aromatic heterocycles. The van der Waals surface area contributed by atoms with Crippen molar-refractivity contribution in [1.29, 1.82) is 10.5 Å². The van der Waals surface area contributed by atoms with Crippen LogP contribution in [0.2, 0.25) is 0 Å². The number of halogens is 1. The van der Waals surface area contributed by atoms with E-state index in [2.05, 4.69) is 11.4 Å². The summed E-state index contributed by atoms with van der Waals surface area (Å²) < 4.78 is 14.1. The van der Waals surface area contributed by atoms with Crippen LogP contribution < -0.4 is 10.2 Å². The monoisotopic (exact) mass is 355 g/mol. The zero-order valence-electron chi connectivity index (χ0n) is 14.7. The maximum absolute atomic E-state index is 14.1. The fraction of sp³-hybridized carbons (Fsp3) is 0.526. The first-order valence-electron chi connectivity index (χ1n) is 8.94. The molecule has 1 heterocycles. The number of carbonyl (C=O) groups is 1. The van der Waals surface area contributed by atoms with Crippen molar-refractivity contribution in [3.05, 3.63) is 29.6 Å². The molecule has 0 bridgehead atoms. The summed E-state index contributed by atoms with van der Waals surface area (Å²) in [4.78, 5) is 16.2. The van der Waals surface area contributed by atoms with Gasteiger partial charge in [0.25, 0.3) is 0 Å². The molecule has 1 aromatic rings. The molecule has 1 N–H and O–H groups in total. The third kappa shape index (κ3) is 3.95. The molecule has 0 spiro atoms. The molecule has 26 heavy (non-hydrogen) atoms. The first-order chi connectivity index (χ1) is 12.5. The van der Waals surface area contributed by atoms with Crippen molar-refractivity contribution in [2.45, 2.75) is 31.2 Å². The van der Waals surface area contributed by atoms with E-state index in [0.29, 0.717) is 37.4 Å². The molecule has 6 nitrogen and oxygen atoms in total. The molecule has 1 aliphatic heterocycles. The Hall–Kier alpha value is -2.64. The van der Waals surface area contributed by atoms with E-state index < -0.39 is 11.4 Å². The Morgan fingerprint density at radius 2 is 1.88 bits per heavy atom. The second-order valence-corrected chi connectivity index (χ2v) is 6.99. The zero-order valence-corrected chi connectivity index (χ0v) is 14.7. The van der Waals surface area contributed by atoms with Gasteiger partial charge in [0.05, 0.1) is 29.9 Å². The van der Waals surface area contributed by atoms with Crippen LogP contribution >= 0.6 is 0 Å². The van der Waals surface area contributed by atoms with E-state index in [9.17, 15) is 14.4 Å². The number of amides is 1. The minimum atomic E-state index is -0.690. The Morgan fingerprint density at radius 3 is 2.46 bits per heavy atom. The highest BCUT2D eigenvalue weighted by Gasteiger charge is 2.35. The van der Waals surface area contributed by atoms with Crippen LogP contribution in [0.5, 0.6) is 0 Å². The quantitative estimate of drug-likeness (QED) is 0.890.